The van der Waals surface area contributed by atoms with Crippen LogP contribution in [0, 0.1) is 0 Å². The predicted molar refractivity (Wildman–Crippen MR) is 79.1 cm³/mol. The summed E-state index contributed by atoms with van der Waals surface area (Å²) in [6, 6.07) is 0. The van der Waals surface area contributed by atoms with Gasteiger partial charge in [0.2, 0.25) is 0 Å². The van der Waals surface area contributed by atoms with Crippen LogP contribution in [0.5, 0.6) is 0 Å². The van der Waals surface area contributed by atoms with Crippen LogP contribution in [-0.2, 0) is 0 Å². The molecule has 0 atom stereocenters. The van der Waals surface area contributed by atoms with Gasteiger partial charge in [-0.25, -0.2) is 0 Å². The van der Waals surface area contributed by atoms with E-state index in [0.717, 1.165) is 0 Å². The van der Waals surface area contributed by atoms with E-state index in [4.69, 9.17) is 0 Å². The van der Waals surface area contributed by atoms with Gasteiger partial charge in [-0.05, 0) is 37.3 Å². The smallest absolute Gasteiger partial charge is 0.00260 e. The third-order valence-corrected chi connectivity index (χ3v) is 3.92. The maximum Gasteiger partial charge on any atom is -0.00260 e. The highest BCUT2D eigenvalue weighted by atomic mass is 32.2. The van der Waals surface area contributed by atoms with E-state index in [0.29, 0.717) is 0 Å². The van der Waals surface area contributed by atoms with E-state index < -0.39 is 0 Å². The highest BCUT2D eigenvalue weighted by Gasteiger charge is 1.92. The van der Waals surface area contributed by atoms with Gasteiger partial charge in [-0.1, -0.05) is 57.9 Å². The van der Waals surface area contributed by atoms with E-state index in [2.05, 4.69) is 26.2 Å². The van der Waals surface area contributed by atoms with Crippen LogP contribution in [0.25, 0.3) is 0 Å². The van der Waals surface area contributed by atoms with Crippen LogP contribution in [0.15, 0.2) is 11.0 Å². The molecular formula is C15H30S. The summed E-state index contributed by atoms with van der Waals surface area (Å²) < 4.78 is 0. The first-order valence-electron chi connectivity index (χ1n) is 7.08. The van der Waals surface area contributed by atoms with Crippen molar-refractivity contribution in [2.45, 2.75) is 78.6 Å². The average molecular weight is 242 g/mol. The van der Waals surface area contributed by atoms with Crippen LogP contribution in [0.3, 0.4) is 0 Å². The zero-order chi connectivity index (χ0) is 12.1. The molecule has 0 spiro atoms. The first-order chi connectivity index (χ1) is 7.81. The lowest BCUT2D eigenvalue weighted by Crippen LogP contribution is -1.81. The molecule has 0 aliphatic rings. The Morgan fingerprint density at radius 2 is 1.50 bits per heavy atom. The van der Waals surface area contributed by atoms with E-state index in [9.17, 15) is 0 Å². The molecule has 0 aromatic heterocycles. The second kappa shape index (κ2) is 13.2. The highest BCUT2D eigenvalue weighted by Crippen LogP contribution is 2.15. The average Bonchev–Trinajstić information content (AvgIpc) is 2.29. The van der Waals surface area contributed by atoms with Gasteiger partial charge in [0, 0.05) is 0 Å². The molecule has 0 rings (SSSR count). The van der Waals surface area contributed by atoms with Crippen molar-refractivity contribution in [3.05, 3.63) is 11.0 Å². The summed E-state index contributed by atoms with van der Waals surface area (Å²) in [7, 11) is 0. The van der Waals surface area contributed by atoms with E-state index >= 15 is 0 Å². The van der Waals surface area contributed by atoms with Crippen molar-refractivity contribution >= 4 is 11.8 Å². The summed E-state index contributed by atoms with van der Waals surface area (Å²) in [5.41, 5.74) is 1.58. The molecule has 0 N–H and O–H groups in total. The van der Waals surface area contributed by atoms with Crippen molar-refractivity contribution in [2.24, 2.45) is 0 Å². The zero-order valence-corrected chi connectivity index (χ0v) is 12.4. The van der Waals surface area contributed by atoms with Gasteiger partial charge in [-0.15, -0.1) is 11.8 Å². The van der Waals surface area contributed by atoms with Crippen LogP contribution in [0.2, 0.25) is 0 Å². The monoisotopic (exact) mass is 242 g/mol. The fourth-order valence-electron chi connectivity index (χ4n) is 1.70. The molecule has 0 unspecified atom stereocenters. The summed E-state index contributed by atoms with van der Waals surface area (Å²) in [5.74, 6) is 1.31. The lowest BCUT2D eigenvalue weighted by atomic mass is 10.1. The third-order valence-electron chi connectivity index (χ3n) is 2.82. The molecule has 96 valence electrons. The van der Waals surface area contributed by atoms with Gasteiger partial charge >= 0.3 is 0 Å². The zero-order valence-electron chi connectivity index (χ0n) is 11.6. The minimum atomic E-state index is 1.31. The normalized spacial score (nSPS) is 12.1. The van der Waals surface area contributed by atoms with E-state index in [-0.39, 0.29) is 0 Å². The molecular weight excluding hydrogens is 212 g/mol. The first kappa shape index (κ1) is 16.1. The number of allylic oxidation sites excluding steroid dienone is 1. The largest absolute Gasteiger partial charge is 0.134 e. The molecule has 0 aromatic rings. The molecule has 0 nitrogen and oxygen atoms in total. The number of rotatable bonds is 11. The van der Waals surface area contributed by atoms with Crippen LogP contribution < -0.4 is 0 Å². The Kier molecular flexibility index (Phi) is 13.2. The van der Waals surface area contributed by atoms with Gasteiger partial charge < -0.3 is 0 Å². The maximum atomic E-state index is 2.39. The van der Waals surface area contributed by atoms with Crippen LogP contribution in [0.1, 0.15) is 78.6 Å². The highest BCUT2D eigenvalue weighted by molar-refractivity contribution is 8.02. The Morgan fingerprint density at radius 1 is 0.875 bits per heavy atom. The Balaban J connectivity index is 3.26. The second-order valence-electron chi connectivity index (χ2n) is 4.71. The van der Waals surface area contributed by atoms with Crippen LogP contribution in [0.4, 0.5) is 0 Å². The summed E-state index contributed by atoms with van der Waals surface area (Å²) in [5, 5.41) is 2.39. The summed E-state index contributed by atoms with van der Waals surface area (Å²) in [6.07, 6.45) is 12.4. The van der Waals surface area contributed by atoms with Crippen molar-refractivity contribution in [1.29, 1.82) is 0 Å². The second-order valence-corrected chi connectivity index (χ2v) is 5.68. The van der Waals surface area contributed by atoms with Crippen LogP contribution in [-0.4, -0.2) is 5.75 Å². The van der Waals surface area contributed by atoms with Crippen molar-refractivity contribution in [2.75, 3.05) is 5.75 Å². The summed E-state index contributed by atoms with van der Waals surface area (Å²) >= 11 is 2.01. The lowest BCUT2D eigenvalue weighted by Gasteiger charge is -2.01. The molecule has 0 saturated carbocycles. The van der Waals surface area contributed by atoms with E-state index in [1.165, 1.54) is 63.5 Å². The van der Waals surface area contributed by atoms with Crippen molar-refractivity contribution in [1.82, 2.24) is 0 Å². The molecule has 16 heavy (non-hydrogen) atoms. The molecule has 0 aromatic carbocycles. The minimum absolute atomic E-state index is 1.31. The topological polar surface area (TPSA) is 0 Å². The van der Waals surface area contributed by atoms with Gasteiger partial charge in [-0.3, -0.25) is 0 Å². The molecule has 0 bridgehead atoms. The van der Waals surface area contributed by atoms with E-state index in [1.54, 1.807) is 5.57 Å². The van der Waals surface area contributed by atoms with Gasteiger partial charge in [0.1, 0.15) is 0 Å². The quantitative estimate of drug-likeness (QED) is 0.390. The van der Waals surface area contributed by atoms with Gasteiger partial charge in [0.25, 0.3) is 0 Å². The summed E-state index contributed by atoms with van der Waals surface area (Å²) in [4.78, 5) is 0. The Morgan fingerprint density at radius 3 is 2.12 bits per heavy atom. The summed E-state index contributed by atoms with van der Waals surface area (Å²) in [6.45, 7) is 6.83. The molecule has 0 heterocycles. The minimum Gasteiger partial charge on any atom is -0.134 e. The molecule has 0 aliphatic heterocycles. The molecule has 0 saturated heterocycles. The van der Waals surface area contributed by atoms with E-state index in [1.807, 2.05) is 11.8 Å². The fraction of sp³-hybridized carbons (Fsp3) is 0.867. The van der Waals surface area contributed by atoms with Crippen molar-refractivity contribution in [3.8, 4) is 0 Å². The SMILES string of the molecule is CCCCCCS/C=C(\C)CCCCCC. The first-order valence-corrected chi connectivity index (χ1v) is 8.13. The Hall–Kier alpha value is 0.0900. The van der Waals surface area contributed by atoms with Crippen molar-refractivity contribution in [3.63, 3.8) is 0 Å². The van der Waals surface area contributed by atoms with Crippen molar-refractivity contribution < 1.29 is 0 Å². The Labute approximate surface area is 107 Å². The number of thioether (sulfide) groups is 1. The molecule has 0 aliphatic carbocycles. The molecule has 1 heteroatoms. The van der Waals surface area contributed by atoms with Crippen LogP contribution >= 0.6 is 11.8 Å². The molecule has 0 amide bonds. The Bertz CT molecular complexity index is 161. The number of hydrogen-bond donors (Lipinski definition) is 0. The maximum absolute atomic E-state index is 2.39. The third kappa shape index (κ3) is 12.2. The standard InChI is InChI=1S/C15H30S/c1-4-6-8-10-12-15(3)14-16-13-11-9-7-5-2/h14H,4-13H2,1-3H3/b15-14+. The molecule has 0 fully saturated rings. The number of hydrogen-bond acceptors (Lipinski definition) is 1. The lowest BCUT2D eigenvalue weighted by molar-refractivity contribution is 0.665. The predicted octanol–water partition coefficient (Wildman–Crippen LogP) is 6.17. The number of unbranched alkanes of at least 4 members (excludes halogenated alkanes) is 6. The molecule has 0 radical (unpaired) electrons. The van der Waals surface area contributed by atoms with Gasteiger partial charge in [-0.2, -0.15) is 0 Å². The van der Waals surface area contributed by atoms with Gasteiger partial charge in [0.15, 0.2) is 0 Å². The fourth-order valence-corrected chi connectivity index (χ4v) is 2.59. The van der Waals surface area contributed by atoms with Gasteiger partial charge in [0.05, 0.1) is 0 Å².